The largest absolute Gasteiger partial charge is 0.350 e. The van der Waals surface area contributed by atoms with E-state index in [2.05, 4.69) is 76.2 Å². The Hall–Kier alpha value is -2.59. The molecular formula is C21H22N4. The van der Waals surface area contributed by atoms with Gasteiger partial charge in [-0.2, -0.15) is 0 Å². The Labute approximate surface area is 147 Å². The molecule has 1 N–H and O–H groups in total. The van der Waals surface area contributed by atoms with Crippen molar-refractivity contribution in [2.24, 2.45) is 7.05 Å². The highest BCUT2D eigenvalue weighted by Gasteiger charge is 2.26. The second-order valence-corrected chi connectivity index (χ2v) is 7.14. The maximum absolute atomic E-state index is 4.80. The molecule has 4 aromatic rings. The van der Waals surface area contributed by atoms with E-state index < -0.39 is 0 Å². The van der Waals surface area contributed by atoms with E-state index in [9.17, 15) is 0 Å². The molecule has 0 spiro atoms. The molecule has 4 heteroatoms. The first-order valence-corrected chi connectivity index (χ1v) is 8.98. The van der Waals surface area contributed by atoms with Gasteiger partial charge in [0.1, 0.15) is 5.82 Å². The fraction of sp³-hybridized carbons (Fsp3) is 0.286. The minimum atomic E-state index is 0.502. The number of fused-ring (bicyclic) bond motifs is 2. The summed E-state index contributed by atoms with van der Waals surface area (Å²) in [6.45, 7) is 3.21. The fourth-order valence-electron chi connectivity index (χ4n) is 4.16. The number of nitrogens with zero attached hydrogens (tertiary/aromatic N) is 3. The Balaban J connectivity index is 1.36. The smallest absolute Gasteiger partial charge is 0.111 e. The third-order valence-electron chi connectivity index (χ3n) is 5.44. The van der Waals surface area contributed by atoms with Gasteiger partial charge in [0.15, 0.2) is 0 Å². The van der Waals surface area contributed by atoms with E-state index in [4.69, 9.17) is 4.98 Å². The minimum absolute atomic E-state index is 0.502. The van der Waals surface area contributed by atoms with Crippen molar-refractivity contribution in [1.29, 1.82) is 0 Å². The lowest BCUT2D eigenvalue weighted by Crippen LogP contribution is -2.19. The van der Waals surface area contributed by atoms with E-state index in [0.29, 0.717) is 5.92 Å². The van der Waals surface area contributed by atoms with Crippen LogP contribution in [0.25, 0.3) is 21.9 Å². The summed E-state index contributed by atoms with van der Waals surface area (Å²) in [4.78, 5) is 10.9. The number of nitrogens with one attached hydrogen (secondary N) is 1. The highest BCUT2D eigenvalue weighted by atomic mass is 15.2. The topological polar surface area (TPSA) is 36.9 Å². The number of imidazole rings is 1. The molecule has 4 nitrogen and oxygen atoms in total. The molecule has 1 aliphatic heterocycles. The lowest BCUT2D eigenvalue weighted by Gasteiger charge is -2.15. The number of aryl methyl sites for hydroxylation is 1. The van der Waals surface area contributed by atoms with Crippen LogP contribution in [0.15, 0.2) is 54.7 Å². The molecule has 25 heavy (non-hydrogen) atoms. The molecule has 1 fully saturated rings. The molecule has 0 amide bonds. The first kappa shape index (κ1) is 14.7. The van der Waals surface area contributed by atoms with Crippen molar-refractivity contribution in [2.75, 3.05) is 13.1 Å². The van der Waals surface area contributed by atoms with Gasteiger partial charge >= 0.3 is 0 Å². The van der Waals surface area contributed by atoms with Gasteiger partial charge in [0.05, 0.1) is 11.0 Å². The number of hydrogen-bond donors (Lipinski definition) is 1. The van der Waals surface area contributed by atoms with Crippen LogP contribution >= 0.6 is 0 Å². The second kappa shape index (κ2) is 5.74. The summed E-state index contributed by atoms with van der Waals surface area (Å²) in [7, 11) is 2.13. The van der Waals surface area contributed by atoms with Crippen LogP contribution in [-0.2, 0) is 13.6 Å². The Morgan fingerprint density at radius 2 is 1.96 bits per heavy atom. The molecule has 0 unspecified atom stereocenters. The quantitative estimate of drug-likeness (QED) is 0.615. The molecule has 3 heterocycles. The summed E-state index contributed by atoms with van der Waals surface area (Å²) < 4.78 is 2.23. The van der Waals surface area contributed by atoms with Crippen LogP contribution in [0.5, 0.6) is 0 Å². The average Bonchev–Trinajstić information content (AvgIpc) is 3.33. The Morgan fingerprint density at radius 1 is 1.12 bits per heavy atom. The van der Waals surface area contributed by atoms with Crippen molar-refractivity contribution in [2.45, 2.75) is 18.9 Å². The molecule has 5 rings (SSSR count). The van der Waals surface area contributed by atoms with Crippen LogP contribution in [0.1, 0.15) is 23.7 Å². The van der Waals surface area contributed by atoms with Gasteiger partial charge in [0.25, 0.3) is 0 Å². The van der Waals surface area contributed by atoms with Crippen molar-refractivity contribution in [3.8, 4) is 0 Å². The van der Waals surface area contributed by atoms with Gasteiger partial charge in [-0.3, -0.25) is 4.90 Å². The average molecular weight is 330 g/mol. The molecule has 1 atom stereocenters. The number of aromatic amines is 1. The molecule has 0 aliphatic carbocycles. The Morgan fingerprint density at radius 3 is 2.88 bits per heavy atom. The van der Waals surface area contributed by atoms with Crippen LogP contribution in [0.2, 0.25) is 0 Å². The van der Waals surface area contributed by atoms with Gasteiger partial charge in [-0.15, -0.1) is 0 Å². The maximum Gasteiger partial charge on any atom is 0.111 e. The summed E-state index contributed by atoms with van der Waals surface area (Å²) in [5.41, 5.74) is 4.95. The number of benzene rings is 2. The number of para-hydroxylation sites is 3. The summed E-state index contributed by atoms with van der Waals surface area (Å²) in [6.07, 6.45) is 3.45. The molecule has 0 saturated carbocycles. The van der Waals surface area contributed by atoms with Gasteiger partial charge in [-0.25, -0.2) is 4.98 Å². The van der Waals surface area contributed by atoms with Crippen molar-refractivity contribution in [3.05, 3.63) is 66.1 Å². The molecule has 0 radical (unpaired) electrons. The van der Waals surface area contributed by atoms with Crippen molar-refractivity contribution in [1.82, 2.24) is 19.4 Å². The predicted molar refractivity (Wildman–Crippen MR) is 102 cm³/mol. The third-order valence-corrected chi connectivity index (χ3v) is 5.44. The third kappa shape index (κ3) is 2.53. The second-order valence-electron chi connectivity index (χ2n) is 7.14. The minimum Gasteiger partial charge on any atom is -0.350 e. The highest BCUT2D eigenvalue weighted by Crippen LogP contribution is 2.29. The Kier molecular flexibility index (Phi) is 3.38. The lowest BCUT2D eigenvalue weighted by atomic mass is 10.1. The predicted octanol–water partition coefficient (Wildman–Crippen LogP) is 4.04. The van der Waals surface area contributed by atoms with E-state index in [1.54, 1.807) is 0 Å². The van der Waals surface area contributed by atoms with E-state index in [1.807, 2.05) is 0 Å². The van der Waals surface area contributed by atoms with Gasteiger partial charge in [0, 0.05) is 43.2 Å². The fourth-order valence-corrected chi connectivity index (χ4v) is 4.16. The van der Waals surface area contributed by atoms with E-state index in [-0.39, 0.29) is 0 Å². The van der Waals surface area contributed by atoms with Crippen LogP contribution in [-0.4, -0.2) is 32.5 Å². The SMILES string of the molecule is Cn1cc(CN2CC[C@H](c3nc4ccccc4[nH]3)C2)c2ccccc21. The highest BCUT2D eigenvalue weighted by molar-refractivity contribution is 5.83. The van der Waals surface area contributed by atoms with Crippen molar-refractivity contribution < 1.29 is 0 Å². The zero-order valence-corrected chi connectivity index (χ0v) is 14.4. The normalized spacial score (nSPS) is 18.5. The summed E-state index contributed by atoms with van der Waals surface area (Å²) in [5, 5.41) is 1.37. The van der Waals surface area contributed by atoms with Gasteiger partial charge < -0.3 is 9.55 Å². The first-order chi connectivity index (χ1) is 12.3. The molecule has 126 valence electrons. The number of H-pyrrole nitrogens is 1. The van der Waals surface area contributed by atoms with E-state index in [0.717, 1.165) is 36.5 Å². The molecule has 0 bridgehead atoms. The zero-order valence-electron chi connectivity index (χ0n) is 14.4. The lowest BCUT2D eigenvalue weighted by molar-refractivity contribution is 0.327. The monoisotopic (exact) mass is 330 g/mol. The van der Waals surface area contributed by atoms with Crippen molar-refractivity contribution in [3.63, 3.8) is 0 Å². The standard InChI is InChI=1S/C21H22N4/c1-24-12-16(17-6-2-5-9-20(17)24)14-25-11-10-15(13-25)21-22-18-7-3-4-8-19(18)23-21/h2-9,12,15H,10-11,13-14H2,1H3,(H,22,23)/t15-/m0/s1. The Bertz CT molecular complexity index is 1010. The number of aromatic nitrogens is 3. The van der Waals surface area contributed by atoms with Gasteiger partial charge in [0.2, 0.25) is 0 Å². The summed E-state index contributed by atoms with van der Waals surface area (Å²) >= 11 is 0. The van der Waals surface area contributed by atoms with Gasteiger partial charge in [-0.1, -0.05) is 30.3 Å². The summed E-state index contributed by atoms with van der Waals surface area (Å²) in [6, 6.07) is 17.0. The molecule has 2 aromatic carbocycles. The van der Waals surface area contributed by atoms with E-state index in [1.165, 1.54) is 22.9 Å². The first-order valence-electron chi connectivity index (χ1n) is 8.98. The zero-order chi connectivity index (χ0) is 16.8. The molecule has 2 aromatic heterocycles. The van der Waals surface area contributed by atoms with Gasteiger partial charge in [-0.05, 0) is 36.7 Å². The van der Waals surface area contributed by atoms with Crippen LogP contribution < -0.4 is 0 Å². The maximum atomic E-state index is 4.80. The molecule has 1 aliphatic rings. The summed E-state index contributed by atoms with van der Waals surface area (Å²) in [5.74, 6) is 1.64. The molecular weight excluding hydrogens is 308 g/mol. The number of likely N-dealkylation sites (tertiary alicyclic amines) is 1. The van der Waals surface area contributed by atoms with Crippen LogP contribution in [0.3, 0.4) is 0 Å². The van der Waals surface area contributed by atoms with Crippen molar-refractivity contribution >= 4 is 21.9 Å². The van der Waals surface area contributed by atoms with E-state index >= 15 is 0 Å². The number of rotatable bonds is 3. The van der Waals surface area contributed by atoms with Crippen LogP contribution in [0, 0.1) is 0 Å². The molecule has 1 saturated heterocycles. The van der Waals surface area contributed by atoms with Crippen LogP contribution in [0.4, 0.5) is 0 Å². The number of hydrogen-bond acceptors (Lipinski definition) is 2.